The zero-order chi connectivity index (χ0) is 15.6. The number of sulfonamides is 1. The van der Waals surface area contributed by atoms with Crippen LogP contribution in [0.25, 0.3) is 0 Å². The Morgan fingerprint density at radius 1 is 1.29 bits per heavy atom. The van der Waals surface area contributed by atoms with Crippen LogP contribution in [0.15, 0.2) is 41.6 Å². The van der Waals surface area contributed by atoms with Gasteiger partial charge in [-0.3, -0.25) is 4.98 Å². The Hall–Kier alpha value is -1.63. The van der Waals surface area contributed by atoms with E-state index in [4.69, 9.17) is 17.3 Å². The normalized spacial score (nSPS) is 13.1. The number of nitrogens with two attached hydrogens (primary N) is 1. The largest absolute Gasteiger partial charge is 0.398 e. The second-order valence-corrected chi connectivity index (χ2v) is 6.85. The molecule has 7 heteroatoms. The molecule has 2 rings (SSSR count). The number of nitrogen functional groups attached to an aromatic ring is 1. The minimum Gasteiger partial charge on any atom is -0.398 e. The molecule has 3 N–H and O–H groups in total. The highest BCUT2D eigenvalue weighted by atomic mass is 35.5. The lowest BCUT2D eigenvalue weighted by Gasteiger charge is -2.16. The third-order valence-electron chi connectivity index (χ3n) is 3.15. The molecule has 112 valence electrons. The fourth-order valence-corrected chi connectivity index (χ4v) is 3.74. The highest BCUT2D eigenvalue weighted by molar-refractivity contribution is 7.89. The number of nitrogens with zero attached hydrogens (tertiary/aromatic N) is 1. The fraction of sp³-hybridized carbons (Fsp3) is 0.214. The molecule has 2 aromatic rings. The first-order valence-corrected chi connectivity index (χ1v) is 8.15. The Balaban J connectivity index is 2.33. The summed E-state index contributed by atoms with van der Waals surface area (Å²) in [4.78, 5) is 3.88. The lowest BCUT2D eigenvalue weighted by Crippen LogP contribution is -2.27. The van der Waals surface area contributed by atoms with Gasteiger partial charge in [-0.25, -0.2) is 13.1 Å². The molecule has 0 saturated carbocycles. The van der Waals surface area contributed by atoms with Crippen LogP contribution in [-0.4, -0.2) is 13.4 Å². The molecule has 0 amide bonds. The first-order valence-electron chi connectivity index (χ1n) is 6.29. The first kappa shape index (κ1) is 15.8. The van der Waals surface area contributed by atoms with Crippen LogP contribution in [0.5, 0.6) is 0 Å². The van der Waals surface area contributed by atoms with Gasteiger partial charge in [-0.15, -0.1) is 0 Å². The summed E-state index contributed by atoms with van der Waals surface area (Å²) in [5, 5.41) is 0.149. The maximum atomic E-state index is 12.4. The second-order valence-electron chi connectivity index (χ2n) is 4.76. The molecule has 5 nitrogen and oxygen atoms in total. The van der Waals surface area contributed by atoms with Gasteiger partial charge in [-0.1, -0.05) is 11.6 Å². The summed E-state index contributed by atoms with van der Waals surface area (Å²) in [5.41, 5.74) is 7.70. The Bertz CT molecular complexity index is 748. The molecule has 1 aromatic carbocycles. The van der Waals surface area contributed by atoms with E-state index < -0.39 is 16.1 Å². The predicted molar refractivity (Wildman–Crippen MR) is 83.6 cm³/mol. The van der Waals surface area contributed by atoms with Crippen LogP contribution in [0.2, 0.25) is 5.02 Å². The zero-order valence-electron chi connectivity index (χ0n) is 11.7. The number of nitrogens with one attached hydrogen (secondary N) is 1. The lowest BCUT2D eigenvalue weighted by atomic mass is 10.1. The zero-order valence-corrected chi connectivity index (χ0v) is 13.2. The molecule has 0 radical (unpaired) electrons. The number of hydrogen-bond acceptors (Lipinski definition) is 4. The van der Waals surface area contributed by atoms with Gasteiger partial charge in [0.2, 0.25) is 10.0 Å². The predicted octanol–water partition coefficient (Wildman–Crippen LogP) is 2.67. The van der Waals surface area contributed by atoms with E-state index in [-0.39, 0.29) is 9.92 Å². The van der Waals surface area contributed by atoms with Crippen molar-refractivity contribution in [3.63, 3.8) is 0 Å². The van der Waals surface area contributed by atoms with Crippen molar-refractivity contribution in [3.8, 4) is 0 Å². The summed E-state index contributed by atoms with van der Waals surface area (Å²) < 4.78 is 27.4. The maximum absolute atomic E-state index is 12.4. The molecule has 0 spiro atoms. The summed E-state index contributed by atoms with van der Waals surface area (Å²) in [6.45, 7) is 3.52. The van der Waals surface area contributed by atoms with Gasteiger partial charge >= 0.3 is 0 Å². The smallest absolute Gasteiger partial charge is 0.242 e. The molecule has 1 aromatic heterocycles. The number of hydrogen-bond donors (Lipinski definition) is 2. The van der Waals surface area contributed by atoms with Gasteiger partial charge in [-0.05, 0) is 49.2 Å². The molecule has 0 fully saturated rings. The van der Waals surface area contributed by atoms with Crippen LogP contribution < -0.4 is 10.5 Å². The van der Waals surface area contributed by atoms with E-state index in [1.54, 1.807) is 44.4 Å². The van der Waals surface area contributed by atoms with Crippen LogP contribution in [0.4, 0.5) is 5.69 Å². The van der Waals surface area contributed by atoms with Crippen LogP contribution in [0.1, 0.15) is 24.1 Å². The number of halogens is 1. The molecule has 0 aliphatic carbocycles. The van der Waals surface area contributed by atoms with Gasteiger partial charge in [0.05, 0.1) is 5.02 Å². The van der Waals surface area contributed by atoms with E-state index in [2.05, 4.69) is 9.71 Å². The van der Waals surface area contributed by atoms with E-state index in [9.17, 15) is 8.42 Å². The molecule has 1 heterocycles. The van der Waals surface area contributed by atoms with Gasteiger partial charge in [0.25, 0.3) is 0 Å². The number of aryl methyl sites for hydroxylation is 1. The highest BCUT2D eigenvalue weighted by Crippen LogP contribution is 2.27. The van der Waals surface area contributed by atoms with Gasteiger partial charge < -0.3 is 5.73 Å². The molecule has 0 saturated heterocycles. The summed E-state index contributed by atoms with van der Waals surface area (Å²) >= 11 is 6.03. The van der Waals surface area contributed by atoms with E-state index in [0.29, 0.717) is 5.69 Å². The minimum atomic E-state index is -3.76. The van der Waals surface area contributed by atoms with Crippen LogP contribution in [0, 0.1) is 6.92 Å². The summed E-state index contributed by atoms with van der Waals surface area (Å²) in [6, 6.07) is 6.01. The Kier molecular flexibility index (Phi) is 4.51. The summed E-state index contributed by atoms with van der Waals surface area (Å²) in [7, 11) is -3.76. The standard InChI is InChI=1S/C14H16ClN3O2S/c1-9-7-12(15)14(8-13(9)16)21(19,20)18-10(2)11-3-5-17-6-4-11/h3-8,10,18H,16H2,1-2H3. The summed E-state index contributed by atoms with van der Waals surface area (Å²) in [5.74, 6) is 0. The van der Waals surface area contributed by atoms with Crippen molar-refractivity contribution < 1.29 is 8.42 Å². The number of aromatic nitrogens is 1. The van der Waals surface area contributed by atoms with Crippen molar-refractivity contribution in [1.29, 1.82) is 0 Å². The molecule has 21 heavy (non-hydrogen) atoms. The van der Waals surface area contributed by atoms with Gasteiger partial charge in [-0.2, -0.15) is 0 Å². The number of rotatable bonds is 4. The molecule has 0 aliphatic rings. The fourth-order valence-electron chi connectivity index (χ4n) is 1.89. The Morgan fingerprint density at radius 3 is 2.52 bits per heavy atom. The van der Waals surface area contributed by atoms with Crippen molar-refractivity contribution in [2.24, 2.45) is 0 Å². The second kappa shape index (κ2) is 6.01. The van der Waals surface area contributed by atoms with Crippen LogP contribution >= 0.6 is 11.6 Å². The molecule has 1 atom stereocenters. The lowest BCUT2D eigenvalue weighted by molar-refractivity contribution is 0.567. The van der Waals surface area contributed by atoms with Crippen LogP contribution in [0.3, 0.4) is 0 Å². The first-order chi connectivity index (χ1) is 9.81. The van der Waals surface area contributed by atoms with Gasteiger partial charge in [0.15, 0.2) is 0 Å². The van der Waals surface area contributed by atoms with Crippen molar-refractivity contribution in [1.82, 2.24) is 9.71 Å². The topological polar surface area (TPSA) is 85.1 Å². The molecule has 1 unspecified atom stereocenters. The summed E-state index contributed by atoms with van der Waals surface area (Å²) in [6.07, 6.45) is 3.22. The van der Waals surface area contributed by atoms with Gasteiger partial charge in [0.1, 0.15) is 4.90 Å². The Morgan fingerprint density at radius 2 is 1.90 bits per heavy atom. The molecular weight excluding hydrogens is 310 g/mol. The quantitative estimate of drug-likeness (QED) is 0.846. The maximum Gasteiger partial charge on any atom is 0.242 e. The van der Waals surface area contributed by atoms with E-state index in [1.165, 1.54) is 6.07 Å². The SMILES string of the molecule is Cc1cc(Cl)c(S(=O)(=O)NC(C)c2ccncc2)cc1N. The van der Waals surface area contributed by atoms with Crippen molar-refractivity contribution in [2.75, 3.05) is 5.73 Å². The average molecular weight is 326 g/mol. The third-order valence-corrected chi connectivity index (χ3v) is 5.15. The molecular formula is C14H16ClN3O2S. The molecule has 0 bridgehead atoms. The number of benzene rings is 1. The van der Waals surface area contributed by atoms with Crippen LogP contribution in [-0.2, 0) is 10.0 Å². The number of anilines is 1. The number of pyridine rings is 1. The monoisotopic (exact) mass is 325 g/mol. The Labute approximate surface area is 129 Å². The van der Waals surface area contributed by atoms with E-state index in [1.807, 2.05) is 0 Å². The molecule has 0 aliphatic heterocycles. The average Bonchev–Trinajstić information content (AvgIpc) is 2.43. The van der Waals surface area contributed by atoms with Crippen molar-refractivity contribution in [2.45, 2.75) is 24.8 Å². The van der Waals surface area contributed by atoms with Crippen molar-refractivity contribution in [3.05, 3.63) is 52.8 Å². The minimum absolute atomic E-state index is 0.0202. The highest BCUT2D eigenvalue weighted by Gasteiger charge is 2.22. The van der Waals surface area contributed by atoms with E-state index >= 15 is 0 Å². The van der Waals surface area contributed by atoms with Gasteiger partial charge in [0, 0.05) is 24.1 Å². The van der Waals surface area contributed by atoms with Crippen molar-refractivity contribution >= 4 is 27.3 Å². The third kappa shape index (κ3) is 3.53. The van der Waals surface area contributed by atoms with E-state index in [0.717, 1.165) is 11.1 Å².